The van der Waals surface area contributed by atoms with Crippen LogP contribution in [-0.2, 0) is 26.2 Å². The van der Waals surface area contributed by atoms with E-state index in [9.17, 15) is 37.5 Å². The maximum atomic E-state index is 15.9. The monoisotopic (exact) mass is 931 g/mol. The van der Waals surface area contributed by atoms with E-state index >= 15 is 8.78 Å². The van der Waals surface area contributed by atoms with Crippen molar-refractivity contribution in [2.45, 2.75) is 94.7 Å². The number of carbonyl (C=O) groups excluding carboxylic acids is 4. The first-order valence-electron chi connectivity index (χ1n) is 21.9. The van der Waals surface area contributed by atoms with Crippen LogP contribution in [-0.4, -0.2) is 74.3 Å². The zero-order valence-corrected chi connectivity index (χ0v) is 36.8. The summed E-state index contributed by atoms with van der Waals surface area (Å²) in [6.07, 6.45) is -0.507. The van der Waals surface area contributed by atoms with Crippen LogP contribution in [0.4, 0.5) is 33.3 Å². The summed E-state index contributed by atoms with van der Waals surface area (Å²) in [4.78, 5) is 61.5. The summed E-state index contributed by atoms with van der Waals surface area (Å²) in [6, 6.07) is 14.6. The molecule has 1 saturated carbocycles. The number of likely N-dealkylation sites (tertiary alicyclic amines) is 1. The molecule has 9 rings (SSSR count). The molecule has 19 heteroatoms. The number of nitrogens with one attached hydrogen (secondary N) is 3. The number of pyridine rings is 1. The standard InChI is InChI=1S/C47H46F5N7O6S/c1-45(2,64)30-21-34-36(22-33(30)54-42(62)32-7-4-8-37(53-32)47(50,51)52)66-43(55-34)25-11-9-24(10-12-25)23-59-19-17-26(18-20-59)46(48,49)44(63)56-31-6-3-5-28-27(31)13-15-35-39(28)40(58-65-35)29-14-16-38(60)57-41(29)61/h3-8,13,15,21-22,24-26,29,64H,9-12,14,16-20,23H2,1-2H3,(H,54,62)(H,56,63)(H,57,60,61). The van der Waals surface area contributed by atoms with E-state index in [2.05, 4.69) is 31.0 Å². The molecule has 4 N–H and O–H groups in total. The van der Waals surface area contributed by atoms with Gasteiger partial charge in [0, 0.05) is 47.1 Å². The lowest BCUT2D eigenvalue weighted by molar-refractivity contribution is -0.151. The molecule has 3 aromatic carbocycles. The highest BCUT2D eigenvalue weighted by atomic mass is 32.1. The number of amides is 4. The van der Waals surface area contributed by atoms with Crippen molar-refractivity contribution in [2.24, 2.45) is 11.8 Å². The summed E-state index contributed by atoms with van der Waals surface area (Å²) in [7, 11) is 0. The van der Waals surface area contributed by atoms with E-state index in [0.717, 1.165) is 54.1 Å². The Balaban J connectivity index is 0.799. The lowest BCUT2D eigenvalue weighted by Gasteiger charge is -2.38. The predicted octanol–water partition coefficient (Wildman–Crippen LogP) is 9.26. The van der Waals surface area contributed by atoms with E-state index in [4.69, 9.17) is 9.51 Å². The van der Waals surface area contributed by atoms with Crippen LogP contribution in [0.25, 0.3) is 32.0 Å². The molecule has 346 valence electrons. The number of aliphatic hydroxyl groups is 1. The number of alkyl halides is 5. The van der Waals surface area contributed by atoms with Crippen molar-refractivity contribution in [1.29, 1.82) is 0 Å². The number of halogens is 5. The van der Waals surface area contributed by atoms with Crippen LogP contribution in [0.3, 0.4) is 0 Å². The Kier molecular flexibility index (Phi) is 11.9. The van der Waals surface area contributed by atoms with Crippen LogP contribution >= 0.6 is 11.3 Å². The molecule has 13 nitrogen and oxygen atoms in total. The molecule has 1 aliphatic carbocycles. The highest BCUT2D eigenvalue weighted by Gasteiger charge is 2.48. The number of nitrogens with zero attached hydrogens (tertiary/aromatic N) is 4. The summed E-state index contributed by atoms with van der Waals surface area (Å²) in [5, 5.41) is 25.1. The maximum absolute atomic E-state index is 15.9. The van der Waals surface area contributed by atoms with Crippen molar-refractivity contribution in [1.82, 2.24) is 25.3 Å². The highest BCUT2D eigenvalue weighted by molar-refractivity contribution is 7.18. The average molecular weight is 932 g/mol. The summed E-state index contributed by atoms with van der Waals surface area (Å²) < 4.78 is 77.9. The van der Waals surface area contributed by atoms with Crippen LogP contribution < -0.4 is 16.0 Å². The van der Waals surface area contributed by atoms with Crippen LogP contribution in [0, 0.1) is 11.8 Å². The number of rotatable bonds is 10. The quantitative estimate of drug-likeness (QED) is 0.0764. The van der Waals surface area contributed by atoms with Gasteiger partial charge in [0.1, 0.15) is 17.1 Å². The molecule has 6 aromatic rings. The van der Waals surface area contributed by atoms with Gasteiger partial charge in [-0.2, -0.15) is 22.0 Å². The first-order valence-corrected chi connectivity index (χ1v) is 22.7. The molecule has 2 aliphatic heterocycles. The number of thiazole rings is 1. The molecule has 66 heavy (non-hydrogen) atoms. The number of anilines is 2. The molecule has 5 heterocycles. The van der Waals surface area contributed by atoms with Crippen molar-refractivity contribution in [3.63, 3.8) is 0 Å². The lowest BCUT2D eigenvalue weighted by Crippen LogP contribution is -2.47. The fourth-order valence-corrected chi connectivity index (χ4v) is 10.8. The van der Waals surface area contributed by atoms with E-state index in [1.54, 1.807) is 56.3 Å². The van der Waals surface area contributed by atoms with Gasteiger partial charge < -0.3 is 25.2 Å². The van der Waals surface area contributed by atoms with E-state index in [-0.39, 0.29) is 48.9 Å². The second-order valence-electron chi connectivity index (χ2n) is 18.1. The third-order valence-corrected chi connectivity index (χ3v) is 14.4. The molecule has 1 unspecified atom stereocenters. The van der Waals surface area contributed by atoms with Gasteiger partial charge in [-0.05, 0) is 126 Å². The van der Waals surface area contributed by atoms with Crippen molar-refractivity contribution in [3.8, 4) is 0 Å². The first-order chi connectivity index (χ1) is 31.3. The van der Waals surface area contributed by atoms with Gasteiger partial charge in [0.05, 0.1) is 32.1 Å². The third-order valence-electron chi connectivity index (χ3n) is 13.2. The van der Waals surface area contributed by atoms with Gasteiger partial charge in [-0.3, -0.25) is 24.5 Å². The van der Waals surface area contributed by atoms with Crippen LogP contribution in [0.1, 0.15) is 109 Å². The van der Waals surface area contributed by atoms with Gasteiger partial charge in [-0.1, -0.05) is 23.4 Å². The van der Waals surface area contributed by atoms with E-state index < -0.39 is 58.6 Å². The Morgan fingerprint density at radius 1 is 0.879 bits per heavy atom. The normalized spacial score (nSPS) is 20.5. The van der Waals surface area contributed by atoms with Gasteiger partial charge in [-0.15, -0.1) is 11.3 Å². The minimum absolute atomic E-state index is 0.141. The van der Waals surface area contributed by atoms with Gasteiger partial charge >= 0.3 is 12.1 Å². The van der Waals surface area contributed by atoms with E-state index in [0.29, 0.717) is 57.5 Å². The molecule has 0 radical (unpaired) electrons. The number of aromatic nitrogens is 3. The van der Waals surface area contributed by atoms with Gasteiger partial charge in [0.15, 0.2) is 5.58 Å². The van der Waals surface area contributed by atoms with Gasteiger partial charge in [-0.25, -0.2) is 9.97 Å². The fraction of sp³-hybridized carbons (Fsp3) is 0.426. The summed E-state index contributed by atoms with van der Waals surface area (Å²) in [5.74, 6) is -8.10. The number of piperidine rings is 2. The zero-order valence-electron chi connectivity index (χ0n) is 35.9. The Morgan fingerprint density at radius 2 is 1.62 bits per heavy atom. The summed E-state index contributed by atoms with van der Waals surface area (Å²) in [5.41, 5.74) is -0.902. The molecular formula is C47H46F5N7O6S. The van der Waals surface area contributed by atoms with Crippen LogP contribution in [0.2, 0.25) is 0 Å². The number of fused-ring (bicyclic) bond motifs is 4. The van der Waals surface area contributed by atoms with Gasteiger partial charge in [0.25, 0.3) is 11.8 Å². The van der Waals surface area contributed by atoms with Crippen molar-refractivity contribution in [2.75, 3.05) is 30.3 Å². The number of hydrogen-bond acceptors (Lipinski definition) is 11. The number of carbonyl (C=O) groups is 4. The molecule has 1 atom stereocenters. The molecule has 3 aliphatic rings. The number of imide groups is 1. The van der Waals surface area contributed by atoms with E-state index in [1.807, 2.05) is 0 Å². The smallest absolute Gasteiger partial charge is 0.386 e. The van der Waals surface area contributed by atoms with E-state index in [1.165, 1.54) is 17.4 Å². The maximum Gasteiger partial charge on any atom is 0.433 e. The molecule has 4 amide bonds. The van der Waals surface area contributed by atoms with Crippen molar-refractivity contribution in [3.05, 3.63) is 88.3 Å². The molecule has 3 fully saturated rings. The third kappa shape index (κ3) is 8.99. The fourth-order valence-electron chi connectivity index (χ4n) is 9.63. The Hall–Kier alpha value is -5.92. The predicted molar refractivity (Wildman–Crippen MR) is 236 cm³/mol. The number of benzene rings is 3. The lowest BCUT2D eigenvalue weighted by atomic mass is 9.81. The SMILES string of the molecule is CC(C)(O)c1cc2nc(C3CCC(CN4CCC(C(F)(F)C(=O)Nc5cccc6c5ccc5onc(C7CCC(=O)NC7=O)c56)CC4)CC3)sc2cc1NC(=O)c1cccc(C(F)(F)F)n1. The van der Waals surface area contributed by atoms with Gasteiger partial charge in [0.2, 0.25) is 11.8 Å². The minimum Gasteiger partial charge on any atom is -0.386 e. The zero-order chi connectivity index (χ0) is 46.7. The topological polar surface area (TPSA) is 180 Å². The molecular weight excluding hydrogens is 886 g/mol. The van der Waals surface area contributed by atoms with Crippen LogP contribution in [0.5, 0.6) is 0 Å². The second-order valence-corrected chi connectivity index (χ2v) is 19.2. The first kappa shape index (κ1) is 45.2. The molecule has 0 bridgehead atoms. The van der Waals surface area contributed by atoms with Crippen molar-refractivity contribution < 1.29 is 50.8 Å². The second kappa shape index (κ2) is 17.4. The summed E-state index contributed by atoms with van der Waals surface area (Å²) in [6.45, 7) is 4.70. The summed E-state index contributed by atoms with van der Waals surface area (Å²) >= 11 is 1.46. The largest absolute Gasteiger partial charge is 0.433 e. The Labute approximate surface area is 378 Å². The highest BCUT2D eigenvalue weighted by Crippen LogP contribution is 2.43. The Bertz CT molecular complexity index is 2880. The molecule has 2 saturated heterocycles. The molecule has 0 spiro atoms. The Morgan fingerprint density at radius 3 is 2.33 bits per heavy atom. The average Bonchev–Trinajstić information content (AvgIpc) is 3.91. The minimum atomic E-state index is -4.72. The number of hydrogen-bond donors (Lipinski definition) is 4. The molecule has 3 aromatic heterocycles. The van der Waals surface area contributed by atoms with Crippen molar-refractivity contribution >= 4 is 78.3 Å². The van der Waals surface area contributed by atoms with Crippen LogP contribution in [0.15, 0.2) is 65.2 Å².